The van der Waals surface area contributed by atoms with Crippen LogP contribution >= 0.6 is 50.7 Å². The molecule has 0 saturated carbocycles. The Hall–Kier alpha value is -0.420. The number of allylic oxidation sites excluding steroid dienone is 2. The standard InChI is InChI=1S/C11H11BrCl3N3/c1-17-8-3-2-7(12)6-9(8)18-5-4-10(16)11(13,14)15/h2-6,17H,16H2,1H3. The first-order valence-electron chi connectivity index (χ1n) is 4.89. The van der Waals surface area contributed by atoms with E-state index in [4.69, 9.17) is 40.5 Å². The normalized spacial score (nSPS) is 13.1. The van der Waals surface area contributed by atoms with Gasteiger partial charge in [-0.25, -0.2) is 0 Å². The Morgan fingerprint density at radius 3 is 2.67 bits per heavy atom. The van der Waals surface area contributed by atoms with Gasteiger partial charge in [0, 0.05) is 17.7 Å². The molecule has 0 fully saturated rings. The second-order valence-corrected chi connectivity index (χ2v) is 6.51. The van der Waals surface area contributed by atoms with Crippen molar-refractivity contribution >= 4 is 68.3 Å². The van der Waals surface area contributed by atoms with Crippen molar-refractivity contribution in [3.05, 3.63) is 34.4 Å². The maximum Gasteiger partial charge on any atom is 0.229 e. The van der Waals surface area contributed by atoms with Gasteiger partial charge < -0.3 is 11.1 Å². The van der Waals surface area contributed by atoms with Gasteiger partial charge in [0.1, 0.15) is 0 Å². The molecule has 1 aromatic carbocycles. The highest BCUT2D eigenvalue weighted by molar-refractivity contribution is 9.10. The molecule has 0 aliphatic carbocycles. The summed E-state index contributed by atoms with van der Waals surface area (Å²) in [5, 5.41) is 3.03. The molecule has 0 atom stereocenters. The van der Waals surface area contributed by atoms with Gasteiger partial charge in [-0.05, 0) is 24.3 Å². The van der Waals surface area contributed by atoms with Crippen LogP contribution in [-0.2, 0) is 0 Å². The summed E-state index contributed by atoms with van der Waals surface area (Å²) in [7, 11) is 1.81. The highest BCUT2D eigenvalue weighted by Gasteiger charge is 2.22. The number of nitrogens with one attached hydrogen (secondary N) is 1. The summed E-state index contributed by atoms with van der Waals surface area (Å²) in [5.41, 5.74) is 7.31. The Kier molecular flexibility index (Phi) is 5.79. The number of anilines is 1. The Bertz CT molecular complexity index is 481. The van der Waals surface area contributed by atoms with Gasteiger partial charge in [0.2, 0.25) is 3.79 Å². The van der Waals surface area contributed by atoms with Crippen LogP contribution in [0.3, 0.4) is 0 Å². The summed E-state index contributed by atoms with van der Waals surface area (Å²) < 4.78 is -0.693. The molecule has 3 N–H and O–H groups in total. The van der Waals surface area contributed by atoms with E-state index in [1.165, 1.54) is 12.3 Å². The van der Waals surface area contributed by atoms with Crippen molar-refractivity contribution in [3.63, 3.8) is 0 Å². The molecular formula is C11H11BrCl3N3. The van der Waals surface area contributed by atoms with Crippen LogP contribution in [-0.4, -0.2) is 17.1 Å². The van der Waals surface area contributed by atoms with Crippen molar-refractivity contribution in [2.45, 2.75) is 3.79 Å². The summed E-state index contributed by atoms with van der Waals surface area (Å²) in [5.74, 6) is 0. The third kappa shape index (κ3) is 4.69. The van der Waals surface area contributed by atoms with Gasteiger partial charge in [-0.15, -0.1) is 0 Å². The lowest BCUT2D eigenvalue weighted by Crippen LogP contribution is -2.15. The Morgan fingerprint density at radius 1 is 1.44 bits per heavy atom. The Morgan fingerprint density at radius 2 is 2.11 bits per heavy atom. The number of rotatable bonds is 3. The van der Waals surface area contributed by atoms with Crippen LogP contribution < -0.4 is 11.1 Å². The Balaban J connectivity index is 2.94. The van der Waals surface area contributed by atoms with E-state index in [1.54, 1.807) is 0 Å². The zero-order chi connectivity index (χ0) is 13.8. The number of benzene rings is 1. The zero-order valence-corrected chi connectivity index (χ0v) is 13.3. The minimum Gasteiger partial charge on any atom is -0.399 e. The summed E-state index contributed by atoms with van der Waals surface area (Å²) in [6.07, 6.45) is 2.94. The number of alkyl halides is 3. The second-order valence-electron chi connectivity index (χ2n) is 3.31. The molecule has 0 aliphatic rings. The van der Waals surface area contributed by atoms with Crippen LogP contribution in [0.4, 0.5) is 11.4 Å². The molecule has 7 heteroatoms. The van der Waals surface area contributed by atoms with Gasteiger partial charge >= 0.3 is 0 Å². The van der Waals surface area contributed by atoms with Gasteiger partial charge in [0.25, 0.3) is 0 Å². The fourth-order valence-electron chi connectivity index (χ4n) is 1.12. The zero-order valence-electron chi connectivity index (χ0n) is 9.42. The quantitative estimate of drug-likeness (QED) is 0.611. The molecule has 18 heavy (non-hydrogen) atoms. The summed E-state index contributed by atoms with van der Waals surface area (Å²) >= 11 is 20.2. The van der Waals surface area contributed by atoms with Crippen molar-refractivity contribution in [3.8, 4) is 0 Å². The van der Waals surface area contributed by atoms with Crippen LogP contribution in [0.5, 0.6) is 0 Å². The van der Waals surface area contributed by atoms with Crippen molar-refractivity contribution < 1.29 is 0 Å². The predicted octanol–water partition coefficient (Wildman–Crippen LogP) is 4.41. The Labute approximate surface area is 129 Å². The number of halogens is 4. The molecule has 98 valence electrons. The molecule has 1 rings (SSSR count). The van der Waals surface area contributed by atoms with Gasteiger partial charge in [-0.1, -0.05) is 50.7 Å². The molecule has 3 nitrogen and oxygen atoms in total. The van der Waals surface area contributed by atoms with E-state index in [0.29, 0.717) is 0 Å². The van der Waals surface area contributed by atoms with Gasteiger partial charge in [-0.2, -0.15) is 0 Å². The van der Waals surface area contributed by atoms with E-state index < -0.39 is 3.79 Å². The van der Waals surface area contributed by atoms with E-state index in [9.17, 15) is 0 Å². The van der Waals surface area contributed by atoms with Crippen molar-refractivity contribution in [1.29, 1.82) is 0 Å². The third-order valence-corrected chi connectivity index (χ3v) is 3.17. The summed E-state index contributed by atoms with van der Waals surface area (Å²) in [4.78, 5) is 4.24. The van der Waals surface area contributed by atoms with E-state index in [-0.39, 0.29) is 5.70 Å². The second kappa shape index (κ2) is 6.66. The van der Waals surface area contributed by atoms with E-state index >= 15 is 0 Å². The van der Waals surface area contributed by atoms with Crippen LogP contribution in [0.25, 0.3) is 0 Å². The van der Waals surface area contributed by atoms with Crippen LogP contribution in [0.15, 0.2) is 39.4 Å². The van der Waals surface area contributed by atoms with Crippen molar-refractivity contribution in [2.24, 2.45) is 10.7 Å². The van der Waals surface area contributed by atoms with Crippen LogP contribution in [0.2, 0.25) is 0 Å². The first-order chi connectivity index (χ1) is 8.34. The van der Waals surface area contributed by atoms with Gasteiger partial charge in [-0.3, -0.25) is 4.99 Å². The molecular weight excluding hydrogens is 360 g/mol. The maximum atomic E-state index is 5.61. The number of nitrogens with zero attached hydrogens (tertiary/aromatic N) is 1. The molecule has 0 unspecified atom stereocenters. The molecule has 1 aromatic rings. The van der Waals surface area contributed by atoms with Crippen molar-refractivity contribution in [1.82, 2.24) is 0 Å². The lowest BCUT2D eigenvalue weighted by atomic mass is 10.2. The topological polar surface area (TPSA) is 50.4 Å². The molecule has 0 aliphatic heterocycles. The first-order valence-corrected chi connectivity index (χ1v) is 6.81. The smallest absolute Gasteiger partial charge is 0.229 e. The van der Waals surface area contributed by atoms with Crippen LogP contribution in [0, 0.1) is 0 Å². The molecule has 0 amide bonds. The molecule has 0 heterocycles. The lowest BCUT2D eigenvalue weighted by molar-refractivity contribution is 1.20. The fraction of sp³-hybridized carbons (Fsp3) is 0.182. The SMILES string of the molecule is CNc1ccc(Br)cc1N=CC=C(N)C(Cl)(Cl)Cl. The molecule has 0 radical (unpaired) electrons. The summed E-state index contributed by atoms with van der Waals surface area (Å²) in [6.45, 7) is 0. The maximum absolute atomic E-state index is 5.61. The summed E-state index contributed by atoms with van der Waals surface area (Å²) in [6, 6.07) is 5.68. The predicted molar refractivity (Wildman–Crippen MR) is 84.4 cm³/mol. The van der Waals surface area contributed by atoms with Crippen molar-refractivity contribution in [2.75, 3.05) is 12.4 Å². The fourth-order valence-corrected chi connectivity index (χ4v) is 1.65. The number of aliphatic imine (C=N–C) groups is 1. The largest absolute Gasteiger partial charge is 0.399 e. The minimum atomic E-state index is -1.62. The number of nitrogens with two attached hydrogens (primary N) is 1. The monoisotopic (exact) mass is 369 g/mol. The molecule has 0 saturated heterocycles. The highest BCUT2D eigenvalue weighted by atomic mass is 79.9. The molecule has 0 bridgehead atoms. The minimum absolute atomic E-state index is 0.109. The highest BCUT2D eigenvalue weighted by Crippen LogP contribution is 2.31. The molecule has 0 aromatic heterocycles. The molecule has 0 spiro atoms. The number of hydrogen-bond donors (Lipinski definition) is 2. The average molecular weight is 371 g/mol. The van der Waals surface area contributed by atoms with Gasteiger partial charge in [0.15, 0.2) is 0 Å². The average Bonchev–Trinajstić information content (AvgIpc) is 2.28. The van der Waals surface area contributed by atoms with E-state index in [1.807, 2.05) is 25.2 Å². The number of hydrogen-bond acceptors (Lipinski definition) is 3. The first kappa shape index (κ1) is 15.6. The van der Waals surface area contributed by atoms with Crippen LogP contribution in [0.1, 0.15) is 0 Å². The van der Waals surface area contributed by atoms with Gasteiger partial charge in [0.05, 0.1) is 17.1 Å². The van der Waals surface area contributed by atoms with E-state index in [0.717, 1.165) is 15.8 Å². The lowest BCUT2D eigenvalue weighted by Gasteiger charge is -2.09. The van der Waals surface area contributed by atoms with E-state index in [2.05, 4.69) is 26.2 Å². The third-order valence-electron chi connectivity index (χ3n) is 2.02.